The summed E-state index contributed by atoms with van der Waals surface area (Å²) in [5.74, 6) is 0.819. The van der Waals surface area contributed by atoms with Crippen molar-refractivity contribution in [1.29, 1.82) is 0 Å². The third-order valence-electron chi connectivity index (χ3n) is 2.66. The first-order valence-electron chi connectivity index (χ1n) is 5.72. The van der Waals surface area contributed by atoms with Crippen LogP contribution in [-0.4, -0.2) is 15.0 Å². The Labute approximate surface area is 106 Å². The molecule has 0 saturated heterocycles. The van der Waals surface area contributed by atoms with Gasteiger partial charge in [0, 0.05) is 36.8 Å². The standard InChI is InChI=1S/C14H12N4.H2/c1-10-8-12(4-7-16-10)17-14-3-2-11-9-15-6-5-13(11)18-14;/h2-9H,1H3,(H,16,17,18);1H. The third-order valence-corrected chi connectivity index (χ3v) is 2.66. The molecule has 0 aliphatic rings. The summed E-state index contributed by atoms with van der Waals surface area (Å²) in [5, 5.41) is 4.30. The molecule has 0 amide bonds. The molecular weight excluding hydrogens is 224 g/mol. The normalized spacial score (nSPS) is 10.5. The van der Waals surface area contributed by atoms with Crippen LogP contribution in [-0.2, 0) is 0 Å². The van der Waals surface area contributed by atoms with Gasteiger partial charge in [0.05, 0.1) is 5.52 Å². The van der Waals surface area contributed by atoms with Gasteiger partial charge in [-0.2, -0.15) is 0 Å². The Hall–Kier alpha value is -2.49. The number of aryl methyl sites for hydroxylation is 1. The topological polar surface area (TPSA) is 50.7 Å². The molecule has 4 nitrogen and oxygen atoms in total. The molecule has 0 unspecified atom stereocenters. The van der Waals surface area contributed by atoms with Crippen LogP contribution in [0.3, 0.4) is 0 Å². The Kier molecular flexibility index (Phi) is 2.61. The van der Waals surface area contributed by atoms with Crippen molar-refractivity contribution >= 4 is 22.4 Å². The van der Waals surface area contributed by atoms with Crippen LogP contribution in [0.15, 0.2) is 48.9 Å². The van der Waals surface area contributed by atoms with Gasteiger partial charge in [0.2, 0.25) is 0 Å². The van der Waals surface area contributed by atoms with Crippen molar-refractivity contribution in [3.8, 4) is 0 Å². The van der Waals surface area contributed by atoms with E-state index >= 15 is 0 Å². The molecule has 3 aromatic heterocycles. The van der Waals surface area contributed by atoms with Crippen LogP contribution >= 0.6 is 0 Å². The second-order valence-electron chi connectivity index (χ2n) is 4.08. The number of nitrogens with one attached hydrogen (secondary N) is 1. The summed E-state index contributed by atoms with van der Waals surface area (Å²) in [7, 11) is 0. The fraction of sp³-hybridized carbons (Fsp3) is 0.0714. The number of rotatable bonds is 2. The van der Waals surface area contributed by atoms with E-state index in [1.807, 2.05) is 43.5 Å². The summed E-state index contributed by atoms with van der Waals surface area (Å²) in [5.41, 5.74) is 2.90. The monoisotopic (exact) mass is 238 g/mol. The molecule has 3 heterocycles. The zero-order chi connectivity index (χ0) is 12.4. The van der Waals surface area contributed by atoms with E-state index in [1.165, 1.54) is 0 Å². The van der Waals surface area contributed by atoms with E-state index in [1.54, 1.807) is 12.4 Å². The zero-order valence-corrected chi connectivity index (χ0v) is 9.96. The maximum atomic E-state index is 4.53. The van der Waals surface area contributed by atoms with E-state index in [-0.39, 0.29) is 1.43 Å². The molecule has 0 spiro atoms. The Balaban J connectivity index is 0.00000133. The Morgan fingerprint density at radius 1 is 1.11 bits per heavy atom. The van der Waals surface area contributed by atoms with Crippen molar-refractivity contribution in [1.82, 2.24) is 15.0 Å². The van der Waals surface area contributed by atoms with E-state index in [2.05, 4.69) is 20.3 Å². The largest absolute Gasteiger partial charge is 0.340 e. The second kappa shape index (κ2) is 4.41. The fourth-order valence-corrected chi connectivity index (χ4v) is 1.81. The van der Waals surface area contributed by atoms with Crippen LogP contribution in [0.25, 0.3) is 10.9 Å². The predicted molar refractivity (Wildman–Crippen MR) is 73.9 cm³/mol. The summed E-state index contributed by atoms with van der Waals surface area (Å²) in [6.45, 7) is 1.96. The van der Waals surface area contributed by atoms with Crippen LogP contribution in [0, 0.1) is 6.92 Å². The summed E-state index contributed by atoms with van der Waals surface area (Å²) in [4.78, 5) is 12.8. The number of fused-ring (bicyclic) bond motifs is 1. The van der Waals surface area contributed by atoms with E-state index < -0.39 is 0 Å². The quantitative estimate of drug-likeness (QED) is 0.744. The first-order chi connectivity index (χ1) is 8.81. The van der Waals surface area contributed by atoms with E-state index in [0.717, 1.165) is 28.1 Å². The first kappa shape index (κ1) is 10.7. The minimum atomic E-state index is 0. The number of hydrogen-bond donors (Lipinski definition) is 1. The van der Waals surface area contributed by atoms with Crippen LogP contribution in [0.4, 0.5) is 11.5 Å². The highest BCUT2D eigenvalue weighted by molar-refractivity contribution is 5.79. The van der Waals surface area contributed by atoms with Gasteiger partial charge in [0.15, 0.2) is 0 Å². The smallest absolute Gasteiger partial charge is 0.131 e. The van der Waals surface area contributed by atoms with Crippen LogP contribution < -0.4 is 5.32 Å². The molecule has 0 aliphatic carbocycles. The van der Waals surface area contributed by atoms with Gasteiger partial charge in [0.25, 0.3) is 0 Å². The molecule has 0 radical (unpaired) electrons. The molecule has 1 N–H and O–H groups in total. The lowest BCUT2D eigenvalue weighted by Gasteiger charge is -2.06. The summed E-state index contributed by atoms with van der Waals surface area (Å²) in [6, 6.07) is 9.76. The number of nitrogens with zero attached hydrogens (tertiary/aromatic N) is 3. The number of aromatic nitrogens is 3. The van der Waals surface area contributed by atoms with Crippen molar-refractivity contribution in [2.75, 3.05) is 5.32 Å². The van der Waals surface area contributed by atoms with Crippen molar-refractivity contribution in [2.24, 2.45) is 0 Å². The fourth-order valence-electron chi connectivity index (χ4n) is 1.81. The van der Waals surface area contributed by atoms with Gasteiger partial charge in [-0.05, 0) is 37.3 Å². The molecule has 0 aliphatic heterocycles. The minimum absolute atomic E-state index is 0. The minimum Gasteiger partial charge on any atom is -0.340 e. The number of anilines is 2. The molecule has 0 atom stereocenters. The summed E-state index contributed by atoms with van der Waals surface area (Å²) < 4.78 is 0. The number of pyridine rings is 3. The lowest BCUT2D eigenvalue weighted by molar-refractivity contribution is 1.20. The highest BCUT2D eigenvalue weighted by atomic mass is 15.0. The van der Waals surface area contributed by atoms with Crippen molar-refractivity contribution in [3.63, 3.8) is 0 Å². The molecule has 18 heavy (non-hydrogen) atoms. The van der Waals surface area contributed by atoms with Crippen LogP contribution in [0.5, 0.6) is 0 Å². The Morgan fingerprint density at radius 3 is 2.94 bits per heavy atom. The van der Waals surface area contributed by atoms with Crippen LogP contribution in [0.2, 0.25) is 0 Å². The molecule has 0 fully saturated rings. The average molecular weight is 238 g/mol. The lowest BCUT2D eigenvalue weighted by Crippen LogP contribution is -1.94. The Morgan fingerprint density at radius 2 is 2.06 bits per heavy atom. The molecule has 0 saturated carbocycles. The van der Waals surface area contributed by atoms with Gasteiger partial charge in [0.1, 0.15) is 5.82 Å². The van der Waals surface area contributed by atoms with Crippen molar-refractivity contribution in [3.05, 3.63) is 54.6 Å². The number of hydrogen-bond acceptors (Lipinski definition) is 4. The first-order valence-corrected chi connectivity index (χ1v) is 5.72. The van der Waals surface area contributed by atoms with Gasteiger partial charge < -0.3 is 5.32 Å². The molecule has 4 heteroatoms. The lowest BCUT2D eigenvalue weighted by atomic mass is 10.2. The summed E-state index contributed by atoms with van der Waals surface area (Å²) >= 11 is 0. The van der Waals surface area contributed by atoms with E-state index in [9.17, 15) is 0 Å². The maximum absolute atomic E-state index is 4.53. The molecule has 0 aromatic carbocycles. The average Bonchev–Trinajstić information content (AvgIpc) is 2.39. The van der Waals surface area contributed by atoms with Gasteiger partial charge in [-0.3, -0.25) is 9.97 Å². The predicted octanol–water partition coefficient (Wildman–Crippen LogP) is 3.32. The Bertz CT molecular complexity index is 700. The SMILES string of the molecule is Cc1cc(Nc2ccc3cnccc3n2)ccn1.[HH]. The van der Waals surface area contributed by atoms with Crippen molar-refractivity contribution in [2.45, 2.75) is 6.92 Å². The van der Waals surface area contributed by atoms with Gasteiger partial charge in [-0.25, -0.2) is 4.98 Å². The van der Waals surface area contributed by atoms with E-state index in [4.69, 9.17) is 0 Å². The van der Waals surface area contributed by atoms with Crippen molar-refractivity contribution < 1.29 is 1.43 Å². The molecule has 3 aromatic rings. The van der Waals surface area contributed by atoms with Gasteiger partial charge in [-0.1, -0.05) is 0 Å². The van der Waals surface area contributed by atoms with Crippen LogP contribution in [0.1, 0.15) is 7.12 Å². The highest BCUT2D eigenvalue weighted by Gasteiger charge is 1.99. The molecular formula is C14H14N4. The summed E-state index contributed by atoms with van der Waals surface area (Å²) in [6.07, 6.45) is 5.33. The third kappa shape index (κ3) is 2.13. The van der Waals surface area contributed by atoms with Gasteiger partial charge >= 0.3 is 0 Å². The second-order valence-corrected chi connectivity index (χ2v) is 4.08. The maximum Gasteiger partial charge on any atom is 0.131 e. The molecule has 0 bridgehead atoms. The highest BCUT2D eigenvalue weighted by Crippen LogP contribution is 2.18. The molecule has 90 valence electrons. The van der Waals surface area contributed by atoms with E-state index in [0.29, 0.717) is 0 Å². The molecule has 3 rings (SSSR count). The van der Waals surface area contributed by atoms with Gasteiger partial charge in [-0.15, -0.1) is 0 Å². The zero-order valence-electron chi connectivity index (χ0n) is 9.96.